The molecule has 5 heteroatoms. The first kappa shape index (κ1) is 21.1. The highest BCUT2D eigenvalue weighted by atomic mass is 16.5. The summed E-state index contributed by atoms with van der Waals surface area (Å²) in [5.74, 6) is 0.956. The van der Waals surface area contributed by atoms with E-state index in [9.17, 15) is 0 Å². The maximum Gasteiger partial charge on any atom is 0.191 e. The van der Waals surface area contributed by atoms with Crippen molar-refractivity contribution in [2.45, 2.75) is 64.1 Å². The third-order valence-corrected chi connectivity index (χ3v) is 6.69. The largest absolute Gasteiger partial charge is 0.385 e. The minimum absolute atomic E-state index is 0.403. The number of rotatable bonds is 8. The molecule has 0 amide bonds. The van der Waals surface area contributed by atoms with Crippen molar-refractivity contribution < 1.29 is 4.74 Å². The normalized spacial score (nSPS) is 25.2. The van der Waals surface area contributed by atoms with E-state index in [4.69, 9.17) is 4.74 Å². The van der Waals surface area contributed by atoms with Crippen molar-refractivity contribution in [2.24, 2.45) is 10.4 Å². The fourth-order valence-corrected chi connectivity index (χ4v) is 4.57. The van der Waals surface area contributed by atoms with E-state index in [0.29, 0.717) is 17.5 Å². The standard InChI is InChI=1S/C23H38N4O/c1-19-16-21(10-14-27(19)17-20-8-5-4-6-9-20)26-22(24-2)25-18-23(11-7-12-23)13-15-28-3/h4-6,8-9,19,21H,7,10-18H2,1-3H3,(H2,24,25,26). The highest BCUT2D eigenvalue weighted by Crippen LogP contribution is 2.43. The van der Waals surface area contributed by atoms with E-state index in [1.165, 1.54) is 24.8 Å². The third-order valence-electron chi connectivity index (χ3n) is 6.69. The average molecular weight is 387 g/mol. The van der Waals surface area contributed by atoms with Crippen LogP contribution in [-0.4, -0.2) is 56.8 Å². The molecule has 2 aliphatic rings. The van der Waals surface area contributed by atoms with Crippen LogP contribution < -0.4 is 10.6 Å². The first-order valence-electron chi connectivity index (χ1n) is 10.9. The number of ether oxygens (including phenoxy) is 1. The molecule has 1 aliphatic heterocycles. The van der Waals surface area contributed by atoms with E-state index in [1.54, 1.807) is 7.11 Å². The van der Waals surface area contributed by atoms with Gasteiger partial charge in [0.25, 0.3) is 0 Å². The quantitative estimate of drug-likeness (QED) is 0.531. The van der Waals surface area contributed by atoms with Gasteiger partial charge in [-0.25, -0.2) is 0 Å². The number of nitrogens with one attached hydrogen (secondary N) is 2. The Morgan fingerprint density at radius 1 is 1.29 bits per heavy atom. The molecule has 3 rings (SSSR count). The van der Waals surface area contributed by atoms with Crippen LogP contribution in [0, 0.1) is 5.41 Å². The molecule has 0 radical (unpaired) electrons. The van der Waals surface area contributed by atoms with Crippen molar-refractivity contribution in [1.29, 1.82) is 0 Å². The molecule has 1 aromatic rings. The van der Waals surface area contributed by atoms with Crippen molar-refractivity contribution in [1.82, 2.24) is 15.5 Å². The lowest BCUT2D eigenvalue weighted by atomic mass is 9.67. The van der Waals surface area contributed by atoms with E-state index in [-0.39, 0.29) is 0 Å². The molecule has 0 aromatic heterocycles. The Morgan fingerprint density at radius 2 is 2.07 bits per heavy atom. The minimum Gasteiger partial charge on any atom is -0.385 e. The molecule has 2 unspecified atom stereocenters. The van der Waals surface area contributed by atoms with Crippen LogP contribution >= 0.6 is 0 Å². The van der Waals surface area contributed by atoms with Crippen LogP contribution in [0.3, 0.4) is 0 Å². The smallest absolute Gasteiger partial charge is 0.191 e. The Balaban J connectivity index is 1.44. The van der Waals surface area contributed by atoms with Gasteiger partial charge < -0.3 is 15.4 Å². The highest BCUT2D eigenvalue weighted by Gasteiger charge is 2.36. The number of hydrogen-bond donors (Lipinski definition) is 2. The molecule has 1 saturated carbocycles. The number of piperidine rings is 1. The van der Waals surface area contributed by atoms with Crippen LogP contribution in [0.2, 0.25) is 0 Å². The molecular weight excluding hydrogens is 348 g/mol. The van der Waals surface area contributed by atoms with E-state index in [1.807, 2.05) is 7.05 Å². The molecule has 1 saturated heterocycles. The summed E-state index contributed by atoms with van der Waals surface area (Å²) >= 11 is 0. The van der Waals surface area contributed by atoms with E-state index in [0.717, 1.165) is 51.5 Å². The fourth-order valence-electron chi connectivity index (χ4n) is 4.57. The Morgan fingerprint density at radius 3 is 2.68 bits per heavy atom. The number of likely N-dealkylation sites (tertiary alicyclic amines) is 1. The van der Waals surface area contributed by atoms with Gasteiger partial charge in [-0.3, -0.25) is 9.89 Å². The number of hydrogen-bond acceptors (Lipinski definition) is 3. The average Bonchev–Trinajstić information content (AvgIpc) is 2.68. The Hall–Kier alpha value is -1.59. The SMILES string of the molecule is CN=C(NCC1(CCOC)CCC1)NC1CCN(Cc2ccccc2)C(C)C1. The van der Waals surface area contributed by atoms with Crippen molar-refractivity contribution in [3.63, 3.8) is 0 Å². The summed E-state index contributed by atoms with van der Waals surface area (Å²) in [6.45, 7) is 6.37. The zero-order chi connectivity index (χ0) is 19.8. The maximum absolute atomic E-state index is 5.31. The number of methoxy groups -OCH3 is 1. The maximum atomic E-state index is 5.31. The Labute approximate surface area is 170 Å². The van der Waals surface area contributed by atoms with Gasteiger partial charge in [0.2, 0.25) is 0 Å². The zero-order valence-electron chi connectivity index (χ0n) is 17.9. The minimum atomic E-state index is 0.403. The molecule has 0 spiro atoms. The number of aliphatic imine (C=N–C) groups is 1. The van der Waals surface area contributed by atoms with Crippen molar-refractivity contribution in [3.05, 3.63) is 35.9 Å². The summed E-state index contributed by atoms with van der Waals surface area (Å²) in [6, 6.07) is 11.9. The zero-order valence-corrected chi connectivity index (χ0v) is 17.9. The van der Waals surface area contributed by atoms with Crippen molar-refractivity contribution >= 4 is 5.96 Å². The first-order chi connectivity index (χ1) is 13.6. The molecule has 5 nitrogen and oxygen atoms in total. The fraction of sp³-hybridized carbons (Fsp3) is 0.696. The van der Waals surface area contributed by atoms with Gasteiger partial charge in [0, 0.05) is 52.5 Å². The molecule has 28 heavy (non-hydrogen) atoms. The molecule has 2 atom stereocenters. The van der Waals surface area contributed by atoms with Crippen LogP contribution in [0.15, 0.2) is 35.3 Å². The predicted octanol–water partition coefficient (Wildman–Crippen LogP) is 3.41. The Kier molecular flexibility index (Phi) is 7.74. The van der Waals surface area contributed by atoms with Gasteiger partial charge in [-0.2, -0.15) is 0 Å². The van der Waals surface area contributed by atoms with E-state index < -0.39 is 0 Å². The van der Waals surface area contributed by atoms with Gasteiger partial charge >= 0.3 is 0 Å². The van der Waals surface area contributed by atoms with Crippen LogP contribution in [-0.2, 0) is 11.3 Å². The van der Waals surface area contributed by atoms with Crippen LogP contribution in [0.25, 0.3) is 0 Å². The summed E-state index contributed by atoms with van der Waals surface area (Å²) in [4.78, 5) is 7.08. The second kappa shape index (κ2) is 10.3. The Bertz CT molecular complexity index is 614. The number of guanidine groups is 1. The lowest BCUT2D eigenvalue weighted by molar-refractivity contribution is 0.0730. The summed E-state index contributed by atoms with van der Waals surface area (Å²) < 4.78 is 5.31. The van der Waals surface area contributed by atoms with Crippen LogP contribution in [0.1, 0.15) is 51.0 Å². The van der Waals surface area contributed by atoms with E-state index >= 15 is 0 Å². The predicted molar refractivity (Wildman–Crippen MR) is 117 cm³/mol. The molecule has 0 bridgehead atoms. The van der Waals surface area contributed by atoms with Gasteiger partial charge in [0.05, 0.1) is 0 Å². The van der Waals surface area contributed by atoms with Gasteiger partial charge in [-0.05, 0) is 50.0 Å². The molecule has 1 heterocycles. The molecule has 1 aromatic carbocycles. The summed E-state index contributed by atoms with van der Waals surface area (Å²) in [5.41, 5.74) is 1.81. The second-order valence-electron chi connectivity index (χ2n) is 8.69. The molecular formula is C23H38N4O. The van der Waals surface area contributed by atoms with Gasteiger partial charge in [0.1, 0.15) is 0 Å². The molecule has 2 N–H and O–H groups in total. The lowest BCUT2D eigenvalue weighted by Crippen LogP contribution is -2.53. The van der Waals surface area contributed by atoms with Crippen molar-refractivity contribution in [3.8, 4) is 0 Å². The monoisotopic (exact) mass is 386 g/mol. The summed E-state index contributed by atoms with van der Waals surface area (Å²) in [5, 5.41) is 7.28. The lowest BCUT2D eigenvalue weighted by Gasteiger charge is -2.43. The van der Waals surface area contributed by atoms with Gasteiger partial charge in [-0.1, -0.05) is 36.8 Å². The first-order valence-corrected chi connectivity index (χ1v) is 10.9. The van der Waals surface area contributed by atoms with Crippen LogP contribution in [0.5, 0.6) is 0 Å². The molecule has 1 aliphatic carbocycles. The van der Waals surface area contributed by atoms with Crippen LogP contribution in [0.4, 0.5) is 0 Å². The molecule has 2 fully saturated rings. The number of nitrogens with zero attached hydrogens (tertiary/aromatic N) is 2. The summed E-state index contributed by atoms with van der Waals surface area (Å²) in [7, 11) is 3.68. The van der Waals surface area contributed by atoms with Crippen molar-refractivity contribution in [2.75, 3.05) is 33.9 Å². The molecule has 156 valence electrons. The summed E-state index contributed by atoms with van der Waals surface area (Å²) in [6.07, 6.45) is 7.40. The number of benzene rings is 1. The van der Waals surface area contributed by atoms with Gasteiger partial charge in [0.15, 0.2) is 5.96 Å². The third kappa shape index (κ3) is 5.71. The second-order valence-corrected chi connectivity index (χ2v) is 8.69. The van der Waals surface area contributed by atoms with Gasteiger partial charge in [-0.15, -0.1) is 0 Å². The highest BCUT2D eigenvalue weighted by molar-refractivity contribution is 5.80. The van der Waals surface area contributed by atoms with E-state index in [2.05, 4.69) is 57.8 Å². The topological polar surface area (TPSA) is 48.9 Å².